The molecule has 9 aromatic carbocycles. The van der Waals surface area contributed by atoms with Gasteiger partial charge in [-0.25, -0.2) is 55.1 Å². The van der Waals surface area contributed by atoms with Crippen LogP contribution in [0.4, 0.5) is 58.4 Å². The smallest absolute Gasteiger partial charge is 0.319 e. The van der Waals surface area contributed by atoms with Crippen LogP contribution in [-0.4, -0.2) is 280 Å². The number of halogens is 12. The van der Waals surface area contributed by atoms with Crippen LogP contribution in [0.3, 0.4) is 0 Å². The highest BCUT2D eigenvalue weighted by Gasteiger charge is 2.44. The molecule has 148 heavy (non-hydrogen) atoms. The van der Waals surface area contributed by atoms with Crippen molar-refractivity contribution in [2.75, 3.05) is 151 Å². The standard InChI is InChI=1S/C28H32ClF2N5O3.C27H26ClF4N5O3.C27H24ClFN4O2.C25H24ClFN6O/c1-5-22(38)35-11-12-36(17(4)16-35)27-18-15-19(29)23(24-20(30)9-8-10-21(24)37)25(31)26(18)32-28(33-27)39-14-13-34(6-2)7-3;1-3-20(39)36-7-8-37(15(2)12-36)25-16-11-17(28)21(22-18(29)5-4-6-19(22)38)23(30)24(16)33-26(34-25)40-10-9-35-13-27(31,32)14-35;1-4-23(35)32-9-10-33(15(2)14-32)27-21-13-22(28)24(25(29)26(21)30-16(3)31-27)20-12-18(34)11-17-7-5-6-8-19(17)20;1-5-20(34)32-8-9-33(14(3)12-32)25-16-10-18(26)22(23(27)24(16)29-15(4)30-25)21-13(2)6-7-19-17(21)11-28-31-19/h5,8-10,15,17,37H,1,6-7,11-14,16H2,2-4H3;3-6,11,15,38H,1,7-10,12-14H2,2H3;4-8,11-13,15,34H,1,9-10,14H2,2-3H3;5-7,10-11,14H,1,8-9,12H2,2-4H3,(H,28,31)/t17-;2*15-;14-/m0000/s1. The Labute approximate surface area is 866 Å². The Balaban J connectivity index is 0.000000141. The number of aromatic hydroxyl groups is 3. The minimum absolute atomic E-state index is 0.0228. The van der Waals surface area contributed by atoms with Crippen LogP contribution in [0, 0.1) is 55.7 Å². The van der Waals surface area contributed by atoms with E-state index in [4.69, 9.17) is 55.9 Å². The Morgan fingerprint density at radius 2 is 0.824 bits per heavy atom. The van der Waals surface area contributed by atoms with Crippen molar-refractivity contribution in [3.63, 3.8) is 0 Å². The fourth-order valence-corrected chi connectivity index (χ4v) is 20.7. The van der Waals surface area contributed by atoms with Gasteiger partial charge in [-0.2, -0.15) is 25.0 Å². The number of anilines is 4. The van der Waals surface area contributed by atoms with E-state index in [1.165, 1.54) is 71.7 Å². The van der Waals surface area contributed by atoms with Crippen LogP contribution in [0.1, 0.15) is 58.8 Å². The number of nitrogens with one attached hydrogen (secondary N) is 1. The number of carbonyl (C=O) groups excluding carboxylic acids is 4. The highest BCUT2D eigenvalue weighted by atomic mass is 35.5. The maximum absolute atomic E-state index is 16.2. The van der Waals surface area contributed by atoms with Crippen LogP contribution in [0.2, 0.25) is 20.1 Å². The molecule has 4 N–H and O–H groups in total. The number of aromatic nitrogens is 10. The van der Waals surface area contributed by atoms with Crippen molar-refractivity contribution in [2.45, 2.75) is 92.4 Å². The summed E-state index contributed by atoms with van der Waals surface area (Å²) in [5.74, 6) is -6.15. The number of phenolic OH excluding ortho intramolecular Hbond substituents is 3. The number of rotatable bonds is 22. The second-order valence-corrected chi connectivity index (χ2v) is 38.2. The number of hydrogen-bond acceptors (Lipinski definition) is 24. The molecule has 41 heteroatoms. The van der Waals surface area contributed by atoms with Crippen LogP contribution < -0.4 is 29.1 Å². The lowest BCUT2D eigenvalue weighted by Gasteiger charge is -2.40. The van der Waals surface area contributed by atoms with Crippen molar-refractivity contribution in [2.24, 2.45) is 0 Å². The van der Waals surface area contributed by atoms with E-state index in [1.54, 1.807) is 57.8 Å². The summed E-state index contributed by atoms with van der Waals surface area (Å²) in [4.78, 5) is 103. The van der Waals surface area contributed by atoms with Gasteiger partial charge in [-0.15, -0.1) is 0 Å². The molecule has 5 aliphatic rings. The summed E-state index contributed by atoms with van der Waals surface area (Å²) in [7, 11) is 0. The molecule has 29 nitrogen and oxygen atoms in total. The summed E-state index contributed by atoms with van der Waals surface area (Å²) >= 11 is 26.4. The molecule has 14 aromatic rings. The van der Waals surface area contributed by atoms with Crippen LogP contribution in [0.15, 0.2) is 166 Å². The molecule has 0 unspecified atom stereocenters. The van der Waals surface area contributed by atoms with Gasteiger partial charge < -0.3 is 68.9 Å². The molecule has 0 bridgehead atoms. The molecule has 0 saturated carbocycles. The van der Waals surface area contributed by atoms with E-state index in [1.807, 2.05) is 94.7 Å². The summed E-state index contributed by atoms with van der Waals surface area (Å²) in [6.45, 7) is 38.9. The zero-order valence-electron chi connectivity index (χ0n) is 82.4. The third-order valence-electron chi connectivity index (χ3n) is 26.9. The lowest BCUT2D eigenvalue weighted by atomic mass is 9.95. The van der Waals surface area contributed by atoms with E-state index in [0.717, 1.165) is 52.5 Å². The fraction of sp³-hybridized carbons (Fsp3) is 0.318. The molecule has 0 aliphatic carbocycles. The summed E-state index contributed by atoms with van der Waals surface area (Å²) in [5, 5.41) is 42.1. The maximum Gasteiger partial charge on any atom is 0.319 e. The summed E-state index contributed by atoms with van der Waals surface area (Å²) in [6.07, 6.45) is 6.83. The first kappa shape index (κ1) is 106. The molecule has 772 valence electrons. The number of nitrogens with zero attached hydrogens (tertiary/aromatic N) is 19. The van der Waals surface area contributed by atoms with Crippen LogP contribution >= 0.6 is 46.4 Å². The Hall–Kier alpha value is -14.4. The number of benzene rings is 9. The largest absolute Gasteiger partial charge is 0.508 e. The third kappa shape index (κ3) is 21.7. The molecule has 4 atom stereocenters. The number of aromatic amines is 1. The number of carbonyl (C=O) groups is 4. The van der Waals surface area contributed by atoms with Crippen LogP contribution in [0.5, 0.6) is 29.3 Å². The van der Waals surface area contributed by atoms with Crippen molar-refractivity contribution in [3.05, 3.63) is 238 Å². The van der Waals surface area contributed by atoms with Gasteiger partial charge in [0.25, 0.3) is 5.92 Å². The van der Waals surface area contributed by atoms with Crippen LogP contribution in [-0.2, 0) is 19.2 Å². The van der Waals surface area contributed by atoms with Gasteiger partial charge in [0.1, 0.15) is 99.1 Å². The van der Waals surface area contributed by atoms with E-state index >= 15 is 17.6 Å². The fourth-order valence-electron chi connectivity index (χ4n) is 19.6. The van der Waals surface area contributed by atoms with Gasteiger partial charge >= 0.3 is 12.0 Å². The van der Waals surface area contributed by atoms with Gasteiger partial charge in [0.2, 0.25) is 23.6 Å². The lowest BCUT2D eigenvalue weighted by molar-refractivity contribution is -0.132. The van der Waals surface area contributed by atoms with Crippen molar-refractivity contribution in [1.29, 1.82) is 0 Å². The Morgan fingerprint density at radius 3 is 1.22 bits per heavy atom. The number of amides is 4. The second-order valence-electron chi connectivity index (χ2n) is 36.6. The Bertz CT molecular complexity index is 7560. The number of aryl methyl sites for hydroxylation is 3. The predicted molar refractivity (Wildman–Crippen MR) is 561 cm³/mol. The Morgan fingerprint density at radius 1 is 0.446 bits per heavy atom. The monoisotopic (exact) mass is 2110 g/mol. The molecule has 0 radical (unpaired) electrons. The van der Waals surface area contributed by atoms with E-state index in [9.17, 15) is 52.1 Å². The minimum Gasteiger partial charge on any atom is -0.508 e. The molecule has 5 fully saturated rings. The lowest BCUT2D eigenvalue weighted by Crippen LogP contribution is -2.57. The van der Waals surface area contributed by atoms with Gasteiger partial charge in [0.05, 0.1) is 56.0 Å². The molecule has 5 aromatic heterocycles. The van der Waals surface area contributed by atoms with Gasteiger partial charge in [0.15, 0.2) is 23.3 Å². The van der Waals surface area contributed by atoms with Gasteiger partial charge in [-0.05, 0) is 174 Å². The number of likely N-dealkylation sites (tertiary alicyclic amines) is 1. The quantitative estimate of drug-likeness (QED) is 0.0362. The van der Waals surface area contributed by atoms with E-state index < -0.39 is 57.9 Å². The molecule has 19 rings (SSSR count). The van der Waals surface area contributed by atoms with Crippen molar-refractivity contribution in [3.8, 4) is 73.8 Å². The number of alkyl halides is 2. The number of phenols is 3. The zero-order valence-corrected chi connectivity index (χ0v) is 85.4. The number of fused-ring (bicyclic) bond motifs is 6. The molecular weight excluding hydrogens is 2000 g/mol. The normalized spacial score (nSPS) is 16.9. The summed E-state index contributed by atoms with van der Waals surface area (Å²) < 4.78 is 132. The van der Waals surface area contributed by atoms with Crippen LogP contribution in [0.25, 0.3) is 110 Å². The number of likely N-dealkylation sites (N-methyl/N-ethyl adjacent to an activating group) is 1. The predicted octanol–water partition coefficient (Wildman–Crippen LogP) is 19.6. The summed E-state index contributed by atoms with van der Waals surface area (Å²) in [5.41, 5.74) is 1.96. The molecule has 5 saturated heterocycles. The number of piperazine rings is 4. The third-order valence-corrected chi connectivity index (χ3v) is 28.1. The molecule has 5 aliphatic heterocycles. The molecule has 10 heterocycles. The molecular formula is C107H106Cl4F8N20O9. The van der Waals surface area contributed by atoms with Crippen molar-refractivity contribution >= 4 is 159 Å². The van der Waals surface area contributed by atoms with Gasteiger partial charge in [-0.3, -0.25) is 29.2 Å². The van der Waals surface area contributed by atoms with Gasteiger partial charge in [-0.1, -0.05) is 129 Å². The second kappa shape index (κ2) is 44.7. The Kier molecular flexibility index (Phi) is 32.2. The highest BCUT2D eigenvalue weighted by molar-refractivity contribution is 6.37. The van der Waals surface area contributed by atoms with Crippen molar-refractivity contribution in [1.82, 2.24) is 79.5 Å². The van der Waals surface area contributed by atoms with E-state index in [-0.39, 0.29) is 174 Å². The maximum atomic E-state index is 16.2. The molecule has 0 spiro atoms. The SMILES string of the molecule is C=CC(=O)N1CCN(c2nc(C)nc3c(F)c(-c4c(C)ccc5[nH]ncc45)c(Cl)cc23)[C@@H](C)C1.C=CC(=O)N1CCN(c2nc(C)nc3c(F)c(-c4cc(O)cc5ccccc45)c(Cl)cc23)[C@@H](C)C1.C=CC(=O)N1CCN(c2nc(OCCN(CC)CC)nc3c(F)c(-c4c(O)cccc4F)c(Cl)cc23)[C@@H](C)C1.C=CC(=O)N1CCN(c2nc(OCCN3CC(F)(F)C3)nc3c(F)c(-c4c(O)cccc4F)c(Cl)cc23)[C@@H](C)C1. The first-order chi connectivity index (χ1) is 70.8. The first-order valence-corrected chi connectivity index (χ1v) is 49.4. The number of H-pyrrole nitrogens is 1. The first-order valence-electron chi connectivity index (χ1n) is 47.9. The molecule has 4 amide bonds. The van der Waals surface area contributed by atoms with E-state index in [0.29, 0.717) is 147 Å². The topological polar surface area (TPSA) is 312 Å². The van der Waals surface area contributed by atoms with Gasteiger partial charge in [0, 0.05) is 171 Å². The average Bonchev–Trinajstić information content (AvgIpc) is 1.27. The number of hydrogen-bond donors (Lipinski definition) is 4. The van der Waals surface area contributed by atoms with Crippen molar-refractivity contribution < 1.29 is 79.1 Å². The number of ether oxygens (including phenoxy) is 2. The van der Waals surface area contributed by atoms with E-state index in [2.05, 4.69) is 91.1 Å². The summed E-state index contributed by atoms with van der Waals surface area (Å²) in [6, 6.07) is 27.2. The highest BCUT2D eigenvalue weighted by Crippen LogP contribution is 2.50. The minimum atomic E-state index is -2.73. The average molecular weight is 2110 g/mol. The zero-order chi connectivity index (χ0) is 106.